The summed E-state index contributed by atoms with van der Waals surface area (Å²) in [5, 5.41) is 0. The average molecular weight is 361 g/mol. The summed E-state index contributed by atoms with van der Waals surface area (Å²) in [6.07, 6.45) is 28.8. The lowest BCUT2D eigenvalue weighted by Gasteiger charge is -2.04. The Bertz CT molecular complexity index is 395. The number of unbranched alkanes of at least 4 members (excludes halogenated alkanes) is 15. The van der Waals surface area contributed by atoms with Crippen LogP contribution >= 0.6 is 0 Å². The van der Waals surface area contributed by atoms with E-state index in [0.717, 1.165) is 6.54 Å². The summed E-state index contributed by atoms with van der Waals surface area (Å²) in [6.45, 7) is 5.56. The maximum atomic E-state index is 2.30. The Morgan fingerprint density at radius 2 is 0.923 bits per heavy atom. The highest BCUT2D eigenvalue weighted by Gasteiger charge is 1.99. The molecule has 26 heavy (non-hydrogen) atoms. The lowest BCUT2D eigenvalue weighted by atomic mass is 10.0. The second kappa shape index (κ2) is 17.6. The minimum absolute atomic E-state index is 1.07. The van der Waals surface area contributed by atoms with Gasteiger partial charge in [0.25, 0.3) is 0 Å². The molecule has 0 amide bonds. The standard InChI is InChI=1S/C25H46N/c1-3-5-6-7-8-9-10-11-12-13-14-15-16-17-18-19-20-25-21-23-26(4-2)24-22-25/h21-24H,3-20H2,1-2H3/q+1. The molecular weight excluding hydrogens is 314 g/mol. The first-order valence-corrected chi connectivity index (χ1v) is 11.8. The molecule has 0 bridgehead atoms. The van der Waals surface area contributed by atoms with Crippen LogP contribution in [0, 0.1) is 0 Å². The van der Waals surface area contributed by atoms with Crippen molar-refractivity contribution in [2.75, 3.05) is 0 Å². The second-order valence-electron chi connectivity index (χ2n) is 8.09. The van der Waals surface area contributed by atoms with Crippen LogP contribution in [0.2, 0.25) is 0 Å². The van der Waals surface area contributed by atoms with Crippen LogP contribution in [0.25, 0.3) is 0 Å². The van der Waals surface area contributed by atoms with Crippen molar-refractivity contribution in [1.29, 1.82) is 0 Å². The van der Waals surface area contributed by atoms with Gasteiger partial charge in [0.1, 0.15) is 6.54 Å². The second-order valence-corrected chi connectivity index (χ2v) is 8.09. The summed E-state index contributed by atoms with van der Waals surface area (Å²) in [7, 11) is 0. The van der Waals surface area contributed by atoms with Gasteiger partial charge in [-0.25, -0.2) is 4.57 Å². The molecule has 0 saturated carbocycles. The van der Waals surface area contributed by atoms with Crippen LogP contribution in [0.1, 0.15) is 122 Å². The van der Waals surface area contributed by atoms with Crippen molar-refractivity contribution >= 4 is 0 Å². The van der Waals surface area contributed by atoms with Crippen LogP contribution in [-0.4, -0.2) is 0 Å². The third-order valence-corrected chi connectivity index (χ3v) is 5.64. The zero-order chi connectivity index (χ0) is 18.7. The Morgan fingerprint density at radius 3 is 1.31 bits per heavy atom. The Balaban J connectivity index is 1.76. The molecule has 1 aromatic rings. The average Bonchev–Trinajstić information content (AvgIpc) is 2.68. The van der Waals surface area contributed by atoms with Gasteiger partial charge in [-0.3, -0.25) is 0 Å². The van der Waals surface area contributed by atoms with E-state index in [1.165, 1.54) is 115 Å². The third kappa shape index (κ3) is 13.4. The fourth-order valence-corrected chi connectivity index (χ4v) is 3.74. The van der Waals surface area contributed by atoms with Gasteiger partial charge in [0, 0.05) is 12.1 Å². The quantitative estimate of drug-likeness (QED) is 0.186. The summed E-state index contributed by atoms with van der Waals surface area (Å²) in [5.74, 6) is 0. The van der Waals surface area contributed by atoms with E-state index < -0.39 is 0 Å². The Morgan fingerprint density at radius 1 is 0.538 bits per heavy atom. The van der Waals surface area contributed by atoms with E-state index in [0.29, 0.717) is 0 Å². The number of hydrogen-bond donors (Lipinski definition) is 0. The van der Waals surface area contributed by atoms with Crippen LogP contribution in [0.15, 0.2) is 24.5 Å². The van der Waals surface area contributed by atoms with E-state index in [1.807, 2.05) is 0 Å². The molecule has 1 heterocycles. The molecule has 0 aliphatic carbocycles. The first-order chi connectivity index (χ1) is 12.9. The Labute approximate surface area is 164 Å². The first-order valence-electron chi connectivity index (χ1n) is 11.8. The molecule has 1 rings (SSSR count). The summed E-state index contributed by atoms with van der Waals surface area (Å²) in [6, 6.07) is 4.57. The molecular formula is C25H46N+. The fraction of sp³-hybridized carbons (Fsp3) is 0.800. The maximum absolute atomic E-state index is 2.30. The number of aromatic nitrogens is 1. The normalized spacial score (nSPS) is 11.2. The molecule has 0 N–H and O–H groups in total. The van der Waals surface area contributed by atoms with Crippen molar-refractivity contribution in [3.05, 3.63) is 30.1 Å². The number of pyridine rings is 1. The first kappa shape index (κ1) is 23.2. The highest BCUT2D eigenvalue weighted by molar-refractivity contribution is 5.07. The summed E-state index contributed by atoms with van der Waals surface area (Å²) < 4.78 is 2.23. The van der Waals surface area contributed by atoms with Crippen molar-refractivity contribution in [2.45, 2.75) is 130 Å². The topological polar surface area (TPSA) is 3.88 Å². The van der Waals surface area contributed by atoms with Crippen molar-refractivity contribution in [2.24, 2.45) is 0 Å². The van der Waals surface area contributed by atoms with Crippen LogP contribution in [0.5, 0.6) is 0 Å². The van der Waals surface area contributed by atoms with Gasteiger partial charge in [-0.2, -0.15) is 0 Å². The van der Waals surface area contributed by atoms with Gasteiger partial charge < -0.3 is 0 Å². The molecule has 0 aliphatic heterocycles. The van der Waals surface area contributed by atoms with Gasteiger partial charge in [0.2, 0.25) is 0 Å². The summed E-state index contributed by atoms with van der Waals surface area (Å²) in [4.78, 5) is 0. The van der Waals surface area contributed by atoms with E-state index in [9.17, 15) is 0 Å². The molecule has 0 radical (unpaired) electrons. The zero-order valence-corrected chi connectivity index (χ0v) is 18.0. The summed E-state index contributed by atoms with van der Waals surface area (Å²) in [5.41, 5.74) is 1.50. The molecule has 1 nitrogen and oxygen atoms in total. The highest BCUT2D eigenvalue weighted by atomic mass is 14.9. The molecule has 150 valence electrons. The number of rotatable bonds is 18. The smallest absolute Gasteiger partial charge is 0.169 e. The number of hydrogen-bond acceptors (Lipinski definition) is 0. The van der Waals surface area contributed by atoms with E-state index >= 15 is 0 Å². The van der Waals surface area contributed by atoms with Crippen molar-refractivity contribution < 1.29 is 4.57 Å². The molecule has 0 spiro atoms. The third-order valence-electron chi connectivity index (χ3n) is 5.64. The van der Waals surface area contributed by atoms with Crippen LogP contribution in [-0.2, 0) is 13.0 Å². The predicted molar refractivity (Wildman–Crippen MR) is 116 cm³/mol. The minimum atomic E-state index is 1.07. The Kier molecular flexibility index (Phi) is 15.7. The SMILES string of the molecule is CCCCCCCCCCCCCCCCCCc1cc[n+](CC)cc1. The zero-order valence-electron chi connectivity index (χ0n) is 18.0. The molecule has 0 saturated heterocycles. The molecule has 1 heteroatoms. The van der Waals surface area contributed by atoms with Crippen molar-refractivity contribution in [1.82, 2.24) is 0 Å². The summed E-state index contributed by atoms with van der Waals surface area (Å²) >= 11 is 0. The molecule has 0 aromatic carbocycles. The largest absolute Gasteiger partial charge is 0.205 e. The molecule has 0 fully saturated rings. The van der Waals surface area contributed by atoms with Gasteiger partial charge in [0.15, 0.2) is 12.4 Å². The van der Waals surface area contributed by atoms with Gasteiger partial charge in [-0.05, 0) is 25.3 Å². The van der Waals surface area contributed by atoms with Crippen LogP contribution < -0.4 is 4.57 Å². The maximum Gasteiger partial charge on any atom is 0.169 e. The lowest BCUT2D eigenvalue weighted by molar-refractivity contribution is -0.693. The van der Waals surface area contributed by atoms with Gasteiger partial charge in [-0.1, -0.05) is 103 Å². The van der Waals surface area contributed by atoms with Gasteiger partial charge in [-0.15, -0.1) is 0 Å². The van der Waals surface area contributed by atoms with Gasteiger partial charge in [0.05, 0.1) is 0 Å². The van der Waals surface area contributed by atoms with Crippen molar-refractivity contribution in [3.63, 3.8) is 0 Å². The highest BCUT2D eigenvalue weighted by Crippen LogP contribution is 2.14. The monoisotopic (exact) mass is 360 g/mol. The Hall–Kier alpha value is -0.850. The minimum Gasteiger partial charge on any atom is -0.205 e. The van der Waals surface area contributed by atoms with Gasteiger partial charge >= 0.3 is 0 Å². The predicted octanol–water partition coefficient (Wildman–Crippen LogP) is 7.80. The van der Waals surface area contributed by atoms with E-state index in [4.69, 9.17) is 0 Å². The molecule has 0 aliphatic rings. The van der Waals surface area contributed by atoms with E-state index in [1.54, 1.807) is 0 Å². The van der Waals surface area contributed by atoms with E-state index in [-0.39, 0.29) is 0 Å². The molecule has 0 unspecified atom stereocenters. The van der Waals surface area contributed by atoms with Crippen LogP contribution in [0.4, 0.5) is 0 Å². The number of aryl methyl sites for hydroxylation is 2. The molecule has 1 aromatic heterocycles. The molecule has 0 atom stereocenters. The lowest BCUT2D eigenvalue weighted by Crippen LogP contribution is -2.30. The fourth-order valence-electron chi connectivity index (χ4n) is 3.74. The van der Waals surface area contributed by atoms with E-state index in [2.05, 4.69) is 42.9 Å². The van der Waals surface area contributed by atoms with Crippen LogP contribution in [0.3, 0.4) is 0 Å². The number of nitrogens with zero attached hydrogens (tertiary/aromatic N) is 1. The van der Waals surface area contributed by atoms with Crippen molar-refractivity contribution in [3.8, 4) is 0 Å².